The van der Waals surface area contributed by atoms with E-state index in [1.165, 1.54) is 5.69 Å². The van der Waals surface area contributed by atoms with Crippen LogP contribution in [-0.2, 0) is 0 Å². The predicted molar refractivity (Wildman–Crippen MR) is 62.1 cm³/mol. The fourth-order valence-corrected chi connectivity index (χ4v) is 1.77. The minimum Gasteiger partial charge on any atom is -0.497 e. The second-order valence-electron chi connectivity index (χ2n) is 3.98. The summed E-state index contributed by atoms with van der Waals surface area (Å²) in [5.41, 5.74) is 5.61. The molecule has 2 rings (SSSR count). The molecular formula is C11H17N3O. The van der Waals surface area contributed by atoms with Crippen molar-refractivity contribution < 1.29 is 4.74 Å². The Morgan fingerprint density at radius 3 is 2.60 bits per heavy atom. The summed E-state index contributed by atoms with van der Waals surface area (Å²) in [6, 6.07) is 6.51. The summed E-state index contributed by atoms with van der Waals surface area (Å²) < 4.78 is 5.21. The van der Waals surface area contributed by atoms with Gasteiger partial charge in [-0.1, -0.05) is 0 Å². The first-order valence-corrected chi connectivity index (χ1v) is 5.10. The number of hydrazine groups is 2. The lowest BCUT2D eigenvalue weighted by atomic mass is 10.2. The van der Waals surface area contributed by atoms with Gasteiger partial charge in [0.05, 0.1) is 18.5 Å². The zero-order valence-corrected chi connectivity index (χ0v) is 9.61. The van der Waals surface area contributed by atoms with E-state index >= 15 is 0 Å². The van der Waals surface area contributed by atoms with E-state index in [0.29, 0.717) is 6.04 Å². The molecule has 0 spiro atoms. The van der Waals surface area contributed by atoms with Gasteiger partial charge in [-0.2, -0.15) is 0 Å². The van der Waals surface area contributed by atoms with Gasteiger partial charge in [-0.3, -0.25) is 10.0 Å². The van der Waals surface area contributed by atoms with Gasteiger partial charge in [-0.15, -0.1) is 5.53 Å². The number of ether oxygens (including phenoxy) is 1. The molecule has 0 radical (unpaired) electrons. The first-order chi connectivity index (χ1) is 7.13. The fraction of sp³-hybridized carbons (Fsp3) is 0.455. The molecule has 1 N–H and O–H groups in total. The number of hydrogen-bond acceptors (Lipinski definition) is 4. The lowest BCUT2D eigenvalue weighted by Crippen LogP contribution is -2.45. The van der Waals surface area contributed by atoms with E-state index in [0.717, 1.165) is 11.4 Å². The summed E-state index contributed by atoms with van der Waals surface area (Å²) >= 11 is 0. The second-order valence-corrected chi connectivity index (χ2v) is 3.98. The maximum atomic E-state index is 5.21. The van der Waals surface area contributed by atoms with Crippen molar-refractivity contribution in [3.05, 3.63) is 18.2 Å². The summed E-state index contributed by atoms with van der Waals surface area (Å²) in [7, 11) is 3.69. The molecular weight excluding hydrogens is 190 g/mol. The zero-order chi connectivity index (χ0) is 11.0. The fourth-order valence-electron chi connectivity index (χ4n) is 1.77. The third-order valence-corrected chi connectivity index (χ3v) is 2.58. The van der Waals surface area contributed by atoms with Crippen molar-refractivity contribution in [2.45, 2.75) is 19.9 Å². The highest BCUT2D eigenvalue weighted by Crippen LogP contribution is 2.36. The molecule has 4 nitrogen and oxygen atoms in total. The van der Waals surface area contributed by atoms with E-state index in [1.54, 1.807) is 7.11 Å². The van der Waals surface area contributed by atoms with Crippen LogP contribution in [0.4, 0.5) is 11.4 Å². The molecule has 0 saturated heterocycles. The lowest BCUT2D eigenvalue weighted by molar-refractivity contribution is 0.415. The molecule has 0 unspecified atom stereocenters. The molecule has 1 aromatic carbocycles. The van der Waals surface area contributed by atoms with Crippen LogP contribution in [-0.4, -0.2) is 20.2 Å². The summed E-state index contributed by atoms with van der Waals surface area (Å²) in [6.45, 7) is 4.31. The molecule has 0 aliphatic carbocycles. The predicted octanol–water partition coefficient (Wildman–Crippen LogP) is 1.78. The molecule has 1 aromatic rings. The van der Waals surface area contributed by atoms with Crippen LogP contribution >= 0.6 is 0 Å². The van der Waals surface area contributed by atoms with Crippen LogP contribution in [0.1, 0.15) is 13.8 Å². The SMILES string of the molecule is COc1ccc2c(c1)N(C)NN2C(C)C. The van der Waals surface area contributed by atoms with Crippen LogP contribution < -0.4 is 20.3 Å². The maximum absolute atomic E-state index is 5.21. The van der Waals surface area contributed by atoms with Gasteiger partial charge in [0.2, 0.25) is 0 Å². The van der Waals surface area contributed by atoms with Crippen LogP contribution in [0, 0.1) is 0 Å². The number of benzene rings is 1. The Hall–Kier alpha value is -1.42. The van der Waals surface area contributed by atoms with Crippen molar-refractivity contribution in [1.29, 1.82) is 0 Å². The monoisotopic (exact) mass is 207 g/mol. The smallest absolute Gasteiger partial charge is 0.121 e. The molecule has 4 heteroatoms. The molecule has 1 aliphatic rings. The number of nitrogens with zero attached hydrogens (tertiary/aromatic N) is 2. The van der Waals surface area contributed by atoms with Crippen molar-refractivity contribution in [3.8, 4) is 5.75 Å². The topological polar surface area (TPSA) is 27.7 Å². The van der Waals surface area contributed by atoms with Gasteiger partial charge < -0.3 is 4.74 Å². The van der Waals surface area contributed by atoms with Crippen LogP contribution in [0.5, 0.6) is 5.75 Å². The Labute approximate surface area is 90.4 Å². The van der Waals surface area contributed by atoms with Crippen molar-refractivity contribution in [2.75, 3.05) is 24.2 Å². The van der Waals surface area contributed by atoms with Crippen LogP contribution in [0.2, 0.25) is 0 Å². The number of fused-ring (bicyclic) bond motifs is 1. The van der Waals surface area contributed by atoms with E-state index in [-0.39, 0.29) is 0 Å². The Morgan fingerprint density at radius 2 is 2.00 bits per heavy atom. The standard InChI is InChI=1S/C11H17N3O/c1-8(2)14-10-6-5-9(15-4)7-11(10)13(3)12-14/h5-8,12H,1-4H3. The Balaban J connectivity index is 2.41. The Kier molecular flexibility index (Phi) is 2.44. The molecule has 0 saturated carbocycles. The average Bonchev–Trinajstić information content (AvgIpc) is 2.56. The average molecular weight is 207 g/mol. The van der Waals surface area contributed by atoms with E-state index < -0.39 is 0 Å². The first kappa shape index (κ1) is 10.1. The van der Waals surface area contributed by atoms with Gasteiger partial charge in [-0.05, 0) is 26.0 Å². The Bertz CT molecular complexity index is 365. The molecule has 0 atom stereocenters. The summed E-state index contributed by atoms with van der Waals surface area (Å²) in [6.07, 6.45) is 0. The quantitative estimate of drug-likeness (QED) is 0.800. The van der Waals surface area contributed by atoms with Gasteiger partial charge in [0.1, 0.15) is 5.75 Å². The zero-order valence-electron chi connectivity index (χ0n) is 9.61. The number of nitrogens with one attached hydrogen (secondary N) is 1. The van der Waals surface area contributed by atoms with E-state index in [2.05, 4.69) is 30.5 Å². The molecule has 0 aromatic heterocycles. The summed E-state index contributed by atoms with van der Waals surface area (Å²) in [4.78, 5) is 0. The van der Waals surface area contributed by atoms with E-state index in [1.807, 2.05) is 24.2 Å². The highest BCUT2D eigenvalue weighted by molar-refractivity contribution is 5.76. The van der Waals surface area contributed by atoms with E-state index in [9.17, 15) is 0 Å². The van der Waals surface area contributed by atoms with Crippen LogP contribution in [0.15, 0.2) is 18.2 Å². The van der Waals surface area contributed by atoms with Crippen molar-refractivity contribution >= 4 is 11.4 Å². The highest BCUT2D eigenvalue weighted by atomic mass is 16.5. The van der Waals surface area contributed by atoms with Gasteiger partial charge >= 0.3 is 0 Å². The minimum atomic E-state index is 0.419. The summed E-state index contributed by atoms with van der Waals surface area (Å²) in [5, 5.41) is 4.13. The third kappa shape index (κ3) is 1.61. The minimum absolute atomic E-state index is 0.419. The Morgan fingerprint density at radius 1 is 1.27 bits per heavy atom. The molecule has 0 amide bonds. The maximum Gasteiger partial charge on any atom is 0.121 e. The first-order valence-electron chi connectivity index (χ1n) is 5.10. The number of hydrogen-bond donors (Lipinski definition) is 1. The molecule has 1 heterocycles. The number of rotatable bonds is 2. The van der Waals surface area contributed by atoms with Gasteiger partial charge in [0.15, 0.2) is 0 Å². The van der Waals surface area contributed by atoms with E-state index in [4.69, 9.17) is 4.74 Å². The molecule has 1 aliphatic heterocycles. The van der Waals surface area contributed by atoms with Gasteiger partial charge in [0, 0.05) is 19.2 Å². The summed E-state index contributed by atoms with van der Waals surface area (Å²) in [5.74, 6) is 0.882. The van der Waals surface area contributed by atoms with Crippen molar-refractivity contribution in [3.63, 3.8) is 0 Å². The molecule has 0 bridgehead atoms. The van der Waals surface area contributed by atoms with Crippen LogP contribution in [0.25, 0.3) is 0 Å². The number of anilines is 2. The highest BCUT2D eigenvalue weighted by Gasteiger charge is 2.25. The van der Waals surface area contributed by atoms with Crippen LogP contribution in [0.3, 0.4) is 0 Å². The van der Waals surface area contributed by atoms with Crippen molar-refractivity contribution in [1.82, 2.24) is 5.53 Å². The number of methoxy groups -OCH3 is 1. The third-order valence-electron chi connectivity index (χ3n) is 2.58. The molecule has 15 heavy (non-hydrogen) atoms. The molecule has 82 valence electrons. The van der Waals surface area contributed by atoms with Gasteiger partial charge in [-0.25, -0.2) is 0 Å². The molecule has 0 fully saturated rings. The lowest BCUT2D eigenvalue weighted by Gasteiger charge is -2.23. The van der Waals surface area contributed by atoms with Crippen molar-refractivity contribution in [2.24, 2.45) is 0 Å². The van der Waals surface area contributed by atoms with Gasteiger partial charge in [0.25, 0.3) is 0 Å². The normalized spacial score (nSPS) is 14.7. The largest absolute Gasteiger partial charge is 0.497 e. The second kappa shape index (κ2) is 3.62.